The molecule has 0 radical (unpaired) electrons. The highest BCUT2D eigenvalue weighted by atomic mass is 16.5. The zero-order valence-corrected chi connectivity index (χ0v) is 13.2. The van der Waals surface area contributed by atoms with Crippen molar-refractivity contribution in [2.24, 2.45) is 5.16 Å². The molecule has 1 aliphatic rings. The van der Waals surface area contributed by atoms with Gasteiger partial charge in [0.2, 0.25) is 0 Å². The molecule has 24 heavy (non-hydrogen) atoms. The highest BCUT2D eigenvalue weighted by Crippen LogP contribution is 2.35. The van der Waals surface area contributed by atoms with Gasteiger partial charge in [-0.25, -0.2) is 0 Å². The van der Waals surface area contributed by atoms with Gasteiger partial charge in [-0.1, -0.05) is 11.2 Å². The van der Waals surface area contributed by atoms with Crippen molar-refractivity contribution in [1.29, 1.82) is 0 Å². The smallest absolute Gasteiger partial charge is 0.134 e. The first-order valence-electron chi connectivity index (χ1n) is 7.76. The van der Waals surface area contributed by atoms with Gasteiger partial charge in [0, 0.05) is 41.8 Å². The van der Waals surface area contributed by atoms with E-state index in [0.717, 1.165) is 40.2 Å². The summed E-state index contributed by atoms with van der Waals surface area (Å²) in [6, 6.07) is 9.79. The van der Waals surface area contributed by atoms with Crippen LogP contribution in [0.4, 0.5) is 0 Å². The molecular formula is C18H16N4O2. The predicted octanol–water partition coefficient (Wildman–Crippen LogP) is 3.20. The van der Waals surface area contributed by atoms with E-state index in [0.29, 0.717) is 12.3 Å². The van der Waals surface area contributed by atoms with E-state index in [1.807, 2.05) is 41.2 Å². The maximum Gasteiger partial charge on any atom is 0.134 e. The Morgan fingerprint density at radius 3 is 2.75 bits per heavy atom. The maximum absolute atomic E-state index is 9.13. The van der Waals surface area contributed by atoms with Crippen LogP contribution in [0.5, 0.6) is 5.75 Å². The number of fused-ring (bicyclic) bond motifs is 1. The Morgan fingerprint density at radius 2 is 2.00 bits per heavy atom. The van der Waals surface area contributed by atoms with Crippen LogP contribution >= 0.6 is 0 Å². The van der Waals surface area contributed by atoms with Crippen molar-refractivity contribution < 1.29 is 9.94 Å². The third-order valence-corrected chi connectivity index (χ3v) is 4.13. The van der Waals surface area contributed by atoms with E-state index in [2.05, 4.69) is 22.2 Å². The average Bonchev–Trinajstić information content (AvgIpc) is 3.25. The van der Waals surface area contributed by atoms with Crippen molar-refractivity contribution in [2.75, 3.05) is 6.61 Å². The zero-order chi connectivity index (χ0) is 16.5. The van der Waals surface area contributed by atoms with E-state index in [-0.39, 0.29) is 0 Å². The van der Waals surface area contributed by atoms with Crippen LogP contribution < -0.4 is 4.74 Å². The molecule has 0 saturated heterocycles. The van der Waals surface area contributed by atoms with Gasteiger partial charge in [-0.05, 0) is 36.8 Å². The SMILES string of the molecule is CCn1cc(-c2ccc3c(c2)C(=NO)CO3)c(-c2ccncc2)n1. The quantitative estimate of drug-likeness (QED) is 0.594. The van der Waals surface area contributed by atoms with E-state index < -0.39 is 0 Å². The summed E-state index contributed by atoms with van der Waals surface area (Å²) in [5.41, 5.74) is 5.31. The third kappa shape index (κ3) is 2.32. The van der Waals surface area contributed by atoms with Crippen LogP contribution in [0.3, 0.4) is 0 Å². The maximum atomic E-state index is 9.13. The Labute approximate surface area is 139 Å². The molecule has 0 saturated carbocycles. The van der Waals surface area contributed by atoms with Gasteiger partial charge in [0.25, 0.3) is 0 Å². The number of nitrogens with zero attached hydrogens (tertiary/aromatic N) is 4. The second-order valence-electron chi connectivity index (χ2n) is 5.53. The number of hydrogen-bond acceptors (Lipinski definition) is 5. The molecule has 4 rings (SSSR count). The molecule has 0 fully saturated rings. The van der Waals surface area contributed by atoms with Crippen molar-refractivity contribution in [1.82, 2.24) is 14.8 Å². The number of ether oxygens (including phenoxy) is 1. The van der Waals surface area contributed by atoms with Crippen LogP contribution in [0, 0.1) is 0 Å². The number of hydrogen-bond donors (Lipinski definition) is 1. The first-order valence-corrected chi connectivity index (χ1v) is 7.76. The minimum Gasteiger partial charge on any atom is -0.486 e. The molecule has 1 aromatic carbocycles. The van der Waals surface area contributed by atoms with E-state index in [1.54, 1.807) is 12.4 Å². The predicted molar refractivity (Wildman–Crippen MR) is 90.4 cm³/mol. The monoisotopic (exact) mass is 320 g/mol. The number of aryl methyl sites for hydroxylation is 1. The lowest BCUT2D eigenvalue weighted by molar-refractivity contribution is 0.313. The number of oxime groups is 1. The molecular weight excluding hydrogens is 304 g/mol. The topological polar surface area (TPSA) is 72.5 Å². The van der Waals surface area contributed by atoms with Crippen molar-refractivity contribution in [2.45, 2.75) is 13.5 Å². The fourth-order valence-corrected chi connectivity index (χ4v) is 2.87. The van der Waals surface area contributed by atoms with Gasteiger partial charge in [-0.3, -0.25) is 9.67 Å². The molecule has 0 atom stereocenters. The minimum absolute atomic E-state index is 0.292. The van der Waals surface area contributed by atoms with Gasteiger partial charge >= 0.3 is 0 Å². The summed E-state index contributed by atoms with van der Waals surface area (Å²) in [7, 11) is 0. The largest absolute Gasteiger partial charge is 0.486 e. The van der Waals surface area contributed by atoms with Crippen LogP contribution in [0.2, 0.25) is 0 Å². The third-order valence-electron chi connectivity index (χ3n) is 4.13. The molecule has 0 bridgehead atoms. The molecule has 1 N–H and O–H groups in total. The van der Waals surface area contributed by atoms with E-state index >= 15 is 0 Å². The van der Waals surface area contributed by atoms with Crippen molar-refractivity contribution in [3.8, 4) is 28.1 Å². The Bertz CT molecular complexity index is 916. The highest BCUT2D eigenvalue weighted by Gasteiger charge is 2.22. The normalized spacial score (nSPS) is 14.6. The fraction of sp³-hybridized carbons (Fsp3) is 0.167. The number of pyridine rings is 1. The van der Waals surface area contributed by atoms with Crippen molar-refractivity contribution in [3.05, 3.63) is 54.5 Å². The Balaban J connectivity index is 1.87. The molecule has 2 aromatic heterocycles. The summed E-state index contributed by atoms with van der Waals surface area (Å²) in [5, 5.41) is 17.1. The van der Waals surface area contributed by atoms with Gasteiger partial charge < -0.3 is 9.94 Å². The van der Waals surface area contributed by atoms with E-state index in [9.17, 15) is 0 Å². The van der Waals surface area contributed by atoms with Crippen LogP contribution in [-0.4, -0.2) is 32.3 Å². The zero-order valence-electron chi connectivity index (χ0n) is 13.2. The van der Waals surface area contributed by atoms with Crippen LogP contribution in [-0.2, 0) is 6.54 Å². The molecule has 3 aromatic rings. The highest BCUT2D eigenvalue weighted by molar-refractivity contribution is 6.06. The Kier molecular flexibility index (Phi) is 3.49. The first kappa shape index (κ1) is 14.4. The molecule has 1 aliphatic heterocycles. The van der Waals surface area contributed by atoms with Crippen LogP contribution in [0.1, 0.15) is 12.5 Å². The molecule has 0 spiro atoms. The minimum atomic E-state index is 0.292. The summed E-state index contributed by atoms with van der Waals surface area (Å²) in [4.78, 5) is 4.07. The molecule has 0 aliphatic carbocycles. The Hall–Kier alpha value is -3.15. The van der Waals surface area contributed by atoms with Gasteiger partial charge in [0.15, 0.2) is 0 Å². The van der Waals surface area contributed by atoms with Gasteiger partial charge in [0.1, 0.15) is 23.8 Å². The average molecular weight is 320 g/mol. The molecule has 3 heterocycles. The number of benzene rings is 1. The van der Waals surface area contributed by atoms with Crippen molar-refractivity contribution in [3.63, 3.8) is 0 Å². The summed E-state index contributed by atoms with van der Waals surface area (Å²) in [6.07, 6.45) is 5.55. The second-order valence-corrected chi connectivity index (χ2v) is 5.53. The molecule has 120 valence electrons. The van der Waals surface area contributed by atoms with Gasteiger partial charge in [-0.2, -0.15) is 5.10 Å². The second kappa shape index (κ2) is 5.81. The lowest BCUT2D eigenvalue weighted by Gasteiger charge is -2.05. The van der Waals surface area contributed by atoms with Gasteiger partial charge in [0.05, 0.1) is 0 Å². The summed E-state index contributed by atoms with van der Waals surface area (Å²) in [5.74, 6) is 0.736. The summed E-state index contributed by atoms with van der Waals surface area (Å²) < 4.78 is 7.43. The molecule has 6 heteroatoms. The number of rotatable bonds is 3. The van der Waals surface area contributed by atoms with E-state index in [1.165, 1.54) is 0 Å². The Morgan fingerprint density at radius 1 is 1.17 bits per heavy atom. The van der Waals surface area contributed by atoms with Crippen molar-refractivity contribution >= 4 is 5.71 Å². The fourth-order valence-electron chi connectivity index (χ4n) is 2.87. The van der Waals surface area contributed by atoms with Gasteiger partial charge in [-0.15, -0.1) is 0 Å². The molecule has 0 amide bonds. The summed E-state index contributed by atoms with van der Waals surface area (Å²) >= 11 is 0. The molecule has 6 nitrogen and oxygen atoms in total. The number of aromatic nitrogens is 3. The van der Waals surface area contributed by atoms with Crippen LogP contribution in [0.15, 0.2) is 54.1 Å². The lowest BCUT2D eigenvalue weighted by Crippen LogP contribution is -2.01. The summed E-state index contributed by atoms with van der Waals surface area (Å²) in [6.45, 7) is 3.14. The molecule has 0 unspecified atom stereocenters. The lowest BCUT2D eigenvalue weighted by atomic mass is 9.99. The first-order chi connectivity index (χ1) is 11.8. The standard InChI is InChI=1S/C18H16N4O2/c1-2-22-10-15(18(20-22)12-5-7-19-8-6-12)13-3-4-17-14(9-13)16(21-23)11-24-17/h3-10,23H,2,11H2,1H3. The van der Waals surface area contributed by atoms with E-state index in [4.69, 9.17) is 9.94 Å². The van der Waals surface area contributed by atoms with Crippen LogP contribution in [0.25, 0.3) is 22.4 Å².